The van der Waals surface area contributed by atoms with E-state index < -0.39 is 0 Å². The van der Waals surface area contributed by atoms with E-state index in [1.165, 1.54) is 5.56 Å². The van der Waals surface area contributed by atoms with Crippen LogP contribution in [0.1, 0.15) is 46.1 Å². The molecule has 0 amide bonds. The summed E-state index contributed by atoms with van der Waals surface area (Å²) in [5, 5.41) is 13.1. The van der Waals surface area contributed by atoms with Crippen molar-refractivity contribution >= 4 is 0 Å². The molecule has 0 spiro atoms. The van der Waals surface area contributed by atoms with Crippen molar-refractivity contribution in [3.05, 3.63) is 35.9 Å². The summed E-state index contributed by atoms with van der Waals surface area (Å²) in [7, 11) is 0. The van der Waals surface area contributed by atoms with Crippen molar-refractivity contribution in [2.45, 2.75) is 59.1 Å². The Bertz CT molecular complexity index is 346. The van der Waals surface area contributed by atoms with E-state index in [0.717, 1.165) is 25.8 Å². The fourth-order valence-corrected chi connectivity index (χ4v) is 2.45. The maximum absolute atomic E-state index is 9.48. The van der Waals surface area contributed by atoms with Gasteiger partial charge in [-0.2, -0.15) is 0 Å². The molecule has 2 unspecified atom stereocenters. The van der Waals surface area contributed by atoms with Gasteiger partial charge < -0.3 is 10.4 Å². The van der Waals surface area contributed by atoms with Gasteiger partial charge in [-0.25, -0.2) is 0 Å². The van der Waals surface area contributed by atoms with E-state index in [0.29, 0.717) is 6.04 Å². The number of aryl methyl sites for hydroxylation is 1. The van der Waals surface area contributed by atoms with Crippen LogP contribution in [0.2, 0.25) is 0 Å². The Balaban J connectivity index is 2.26. The minimum atomic E-state index is -0.226. The Morgan fingerprint density at radius 3 is 2.37 bits per heavy atom. The molecule has 2 nitrogen and oxygen atoms in total. The predicted molar refractivity (Wildman–Crippen MR) is 82.3 cm³/mol. The van der Waals surface area contributed by atoms with Crippen LogP contribution in [0.25, 0.3) is 0 Å². The number of nitrogens with one attached hydrogen (secondary N) is 1. The van der Waals surface area contributed by atoms with Crippen LogP contribution in [0.5, 0.6) is 0 Å². The van der Waals surface area contributed by atoms with E-state index in [9.17, 15) is 5.11 Å². The van der Waals surface area contributed by atoms with Gasteiger partial charge in [-0.15, -0.1) is 0 Å². The van der Waals surface area contributed by atoms with Crippen LogP contribution >= 0.6 is 0 Å². The highest BCUT2D eigenvalue weighted by Gasteiger charge is 2.20. The van der Waals surface area contributed by atoms with Crippen molar-refractivity contribution in [3.8, 4) is 0 Å². The second kappa shape index (κ2) is 7.66. The molecule has 2 atom stereocenters. The molecule has 1 rings (SSSR count). The third kappa shape index (κ3) is 7.34. The molecule has 2 heteroatoms. The molecule has 2 N–H and O–H groups in total. The lowest BCUT2D eigenvalue weighted by Gasteiger charge is -2.28. The molecule has 0 aliphatic rings. The first-order valence-corrected chi connectivity index (χ1v) is 7.34. The molecule has 19 heavy (non-hydrogen) atoms. The summed E-state index contributed by atoms with van der Waals surface area (Å²) < 4.78 is 0. The Morgan fingerprint density at radius 1 is 1.16 bits per heavy atom. The molecule has 0 saturated heterocycles. The third-order valence-electron chi connectivity index (χ3n) is 3.49. The summed E-state index contributed by atoms with van der Waals surface area (Å²) in [5.74, 6) is 0. The molecule has 1 aromatic rings. The van der Waals surface area contributed by atoms with Crippen molar-refractivity contribution in [2.24, 2.45) is 5.41 Å². The molecule has 0 aromatic heterocycles. The van der Waals surface area contributed by atoms with Gasteiger partial charge in [0.25, 0.3) is 0 Å². The molecule has 108 valence electrons. The van der Waals surface area contributed by atoms with E-state index >= 15 is 0 Å². The molecule has 0 radical (unpaired) electrons. The quantitative estimate of drug-likeness (QED) is 0.753. The van der Waals surface area contributed by atoms with Gasteiger partial charge in [-0.1, -0.05) is 44.2 Å². The zero-order chi connectivity index (χ0) is 14.3. The lowest BCUT2D eigenvalue weighted by atomic mass is 9.86. The van der Waals surface area contributed by atoms with Gasteiger partial charge in [0.05, 0.1) is 6.10 Å². The second-order valence-corrected chi connectivity index (χ2v) is 6.52. The van der Waals surface area contributed by atoms with E-state index in [2.05, 4.69) is 56.4 Å². The maximum atomic E-state index is 9.48. The van der Waals surface area contributed by atoms with Crippen LogP contribution in [-0.2, 0) is 6.42 Å². The standard InChI is InChI=1S/C17H29NO/c1-14(10-11-16-8-6-5-7-9-16)18-13-17(3,4)12-15(2)19/h5-9,14-15,18-19H,10-13H2,1-4H3. The summed E-state index contributed by atoms with van der Waals surface area (Å²) in [5.41, 5.74) is 1.55. The molecule has 0 saturated carbocycles. The first-order valence-electron chi connectivity index (χ1n) is 7.34. The third-order valence-corrected chi connectivity index (χ3v) is 3.49. The topological polar surface area (TPSA) is 32.3 Å². The number of benzene rings is 1. The van der Waals surface area contributed by atoms with Gasteiger partial charge in [0.15, 0.2) is 0 Å². The number of hydrogen-bond donors (Lipinski definition) is 2. The van der Waals surface area contributed by atoms with Crippen LogP contribution in [0.15, 0.2) is 30.3 Å². The number of hydrogen-bond acceptors (Lipinski definition) is 2. The molecule has 0 heterocycles. The van der Waals surface area contributed by atoms with E-state index in [1.807, 2.05) is 6.92 Å². The zero-order valence-corrected chi connectivity index (χ0v) is 12.8. The molecule has 0 bridgehead atoms. The van der Waals surface area contributed by atoms with Crippen molar-refractivity contribution in [2.75, 3.05) is 6.54 Å². The Kier molecular flexibility index (Phi) is 6.53. The van der Waals surface area contributed by atoms with Crippen LogP contribution in [-0.4, -0.2) is 23.8 Å². The fraction of sp³-hybridized carbons (Fsp3) is 0.647. The Hall–Kier alpha value is -0.860. The molecule has 1 aromatic carbocycles. The second-order valence-electron chi connectivity index (χ2n) is 6.52. The Morgan fingerprint density at radius 2 is 1.79 bits per heavy atom. The summed E-state index contributed by atoms with van der Waals surface area (Å²) in [6, 6.07) is 11.1. The monoisotopic (exact) mass is 263 g/mol. The molecular formula is C17H29NO. The minimum absolute atomic E-state index is 0.148. The highest BCUT2D eigenvalue weighted by molar-refractivity contribution is 5.14. The maximum Gasteiger partial charge on any atom is 0.0517 e. The molecular weight excluding hydrogens is 234 g/mol. The first kappa shape index (κ1) is 16.2. The van der Waals surface area contributed by atoms with Crippen molar-refractivity contribution in [1.82, 2.24) is 5.32 Å². The summed E-state index contributed by atoms with van der Waals surface area (Å²) in [4.78, 5) is 0. The summed E-state index contributed by atoms with van der Waals surface area (Å²) in [6.07, 6.45) is 2.88. The van der Waals surface area contributed by atoms with E-state index in [1.54, 1.807) is 0 Å². The van der Waals surface area contributed by atoms with E-state index in [-0.39, 0.29) is 11.5 Å². The van der Waals surface area contributed by atoms with E-state index in [4.69, 9.17) is 0 Å². The van der Waals surface area contributed by atoms with Gasteiger partial charge in [0.1, 0.15) is 0 Å². The predicted octanol–water partition coefficient (Wildman–Crippen LogP) is 3.39. The highest BCUT2D eigenvalue weighted by atomic mass is 16.3. The average Bonchev–Trinajstić information content (AvgIpc) is 2.34. The van der Waals surface area contributed by atoms with Crippen LogP contribution in [0.3, 0.4) is 0 Å². The van der Waals surface area contributed by atoms with Crippen LogP contribution in [0, 0.1) is 5.41 Å². The van der Waals surface area contributed by atoms with Crippen molar-refractivity contribution in [3.63, 3.8) is 0 Å². The van der Waals surface area contributed by atoms with Gasteiger partial charge in [0.2, 0.25) is 0 Å². The van der Waals surface area contributed by atoms with Crippen LogP contribution in [0.4, 0.5) is 0 Å². The van der Waals surface area contributed by atoms with Gasteiger partial charge in [0, 0.05) is 12.6 Å². The number of aliphatic hydroxyl groups is 1. The lowest BCUT2D eigenvalue weighted by molar-refractivity contribution is 0.126. The lowest BCUT2D eigenvalue weighted by Crippen LogP contribution is -2.37. The zero-order valence-electron chi connectivity index (χ0n) is 12.8. The molecule has 0 aliphatic carbocycles. The largest absolute Gasteiger partial charge is 0.393 e. The van der Waals surface area contributed by atoms with Gasteiger partial charge >= 0.3 is 0 Å². The average molecular weight is 263 g/mol. The van der Waals surface area contributed by atoms with Gasteiger partial charge in [-0.3, -0.25) is 0 Å². The number of aliphatic hydroxyl groups excluding tert-OH is 1. The fourth-order valence-electron chi connectivity index (χ4n) is 2.45. The SMILES string of the molecule is CC(O)CC(C)(C)CNC(C)CCc1ccccc1. The van der Waals surface area contributed by atoms with Crippen molar-refractivity contribution in [1.29, 1.82) is 0 Å². The van der Waals surface area contributed by atoms with Gasteiger partial charge in [-0.05, 0) is 44.1 Å². The normalized spacial score (nSPS) is 15.2. The van der Waals surface area contributed by atoms with Crippen molar-refractivity contribution < 1.29 is 5.11 Å². The minimum Gasteiger partial charge on any atom is -0.393 e. The Labute approximate surface area is 118 Å². The summed E-state index contributed by atoms with van der Waals surface area (Å²) in [6.45, 7) is 9.46. The smallest absolute Gasteiger partial charge is 0.0517 e. The first-order chi connectivity index (χ1) is 8.89. The molecule has 0 fully saturated rings. The summed E-state index contributed by atoms with van der Waals surface area (Å²) >= 11 is 0. The number of rotatable bonds is 8. The molecule has 0 aliphatic heterocycles. The highest BCUT2D eigenvalue weighted by Crippen LogP contribution is 2.21. The van der Waals surface area contributed by atoms with Crippen LogP contribution < -0.4 is 5.32 Å².